The standard InChI is InChI=1S/C13H23NO/c1-4-7-14-9-13(15)12-6-5-10(2)11(3)8-12/h4,10-12,14H,1,5-9H2,2-3H3. The highest BCUT2D eigenvalue weighted by atomic mass is 16.1. The molecule has 0 saturated heterocycles. The normalized spacial score (nSPS) is 31.2. The molecule has 1 saturated carbocycles. The third kappa shape index (κ3) is 3.78. The molecule has 3 atom stereocenters. The molecule has 0 aromatic rings. The SMILES string of the molecule is C=CCNCC(=O)C1CCC(C)C(C)C1. The topological polar surface area (TPSA) is 29.1 Å². The molecule has 0 spiro atoms. The summed E-state index contributed by atoms with van der Waals surface area (Å²) in [5.74, 6) is 2.17. The number of hydrogen-bond acceptors (Lipinski definition) is 2. The van der Waals surface area contributed by atoms with E-state index in [4.69, 9.17) is 0 Å². The Morgan fingerprint density at radius 1 is 1.40 bits per heavy atom. The van der Waals surface area contributed by atoms with Gasteiger partial charge in [0.05, 0.1) is 6.54 Å². The van der Waals surface area contributed by atoms with Gasteiger partial charge in [0.25, 0.3) is 0 Å². The van der Waals surface area contributed by atoms with Crippen LogP contribution in [0, 0.1) is 17.8 Å². The number of hydrogen-bond donors (Lipinski definition) is 1. The van der Waals surface area contributed by atoms with Crippen molar-refractivity contribution in [1.29, 1.82) is 0 Å². The Morgan fingerprint density at radius 2 is 2.13 bits per heavy atom. The van der Waals surface area contributed by atoms with Gasteiger partial charge in [0.15, 0.2) is 0 Å². The fraction of sp³-hybridized carbons (Fsp3) is 0.769. The highest BCUT2D eigenvalue weighted by molar-refractivity contribution is 5.83. The van der Waals surface area contributed by atoms with Gasteiger partial charge >= 0.3 is 0 Å². The molecule has 1 aliphatic carbocycles. The van der Waals surface area contributed by atoms with Gasteiger partial charge in [-0.3, -0.25) is 4.79 Å². The van der Waals surface area contributed by atoms with Crippen molar-refractivity contribution in [3.63, 3.8) is 0 Å². The molecule has 0 radical (unpaired) electrons. The minimum Gasteiger partial charge on any atom is -0.307 e. The predicted octanol–water partition coefficient (Wildman–Crippen LogP) is 2.40. The summed E-state index contributed by atoms with van der Waals surface area (Å²) in [5.41, 5.74) is 0. The van der Waals surface area contributed by atoms with Crippen molar-refractivity contribution < 1.29 is 4.79 Å². The highest BCUT2D eigenvalue weighted by Crippen LogP contribution is 2.33. The Kier molecular flexibility index (Phi) is 5.03. The maximum absolute atomic E-state index is 11.8. The third-order valence-corrected chi connectivity index (χ3v) is 3.64. The summed E-state index contributed by atoms with van der Waals surface area (Å²) < 4.78 is 0. The van der Waals surface area contributed by atoms with Crippen molar-refractivity contribution in [2.75, 3.05) is 13.1 Å². The average Bonchev–Trinajstić information content (AvgIpc) is 2.22. The van der Waals surface area contributed by atoms with Gasteiger partial charge in [0, 0.05) is 12.5 Å². The van der Waals surface area contributed by atoms with Crippen LogP contribution in [0.4, 0.5) is 0 Å². The molecule has 3 unspecified atom stereocenters. The maximum Gasteiger partial charge on any atom is 0.149 e. The van der Waals surface area contributed by atoms with Gasteiger partial charge in [-0.25, -0.2) is 0 Å². The van der Waals surface area contributed by atoms with Crippen molar-refractivity contribution >= 4 is 5.78 Å². The number of Topliss-reactive ketones (excluding diaryl/α,β-unsaturated/α-hetero) is 1. The summed E-state index contributed by atoms with van der Waals surface area (Å²) >= 11 is 0. The molecule has 0 aromatic heterocycles. The molecule has 0 amide bonds. The molecule has 0 heterocycles. The van der Waals surface area contributed by atoms with E-state index in [9.17, 15) is 4.79 Å². The summed E-state index contributed by atoms with van der Waals surface area (Å²) in [6.07, 6.45) is 5.16. The van der Waals surface area contributed by atoms with Crippen LogP contribution in [0.25, 0.3) is 0 Å². The zero-order valence-corrected chi connectivity index (χ0v) is 9.96. The van der Waals surface area contributed by atoms with Crippen LogP contribution >= 0.6 is 0 Å². The van der Waals surface area contributed by atoms with Gasteiger partial charge in [-0.2, -0.15) is 0 Å². The minimum absolute atomic E-state index is 0.300. The molecule has 0 aromatic carbocycles. The molecule has 0 bridgehead atoms. The van der Waals surface area contributed by atoms with Crippen LogP contribution < -0.4 is 5.32 Å². The van der Waals surface area contributed by atoms with Crippen molar-refractivity contribution in [1.82, 2.24) is 5.32 Å². The van der Waals surface area contributed by atoms with Crippen LogP contribution in [0.2, 0.25) is 0 Å². The Balaban J connectivity index is 2.30. The monoisotopic (exact) mass is 209 g/mol. The summed E-state index contributed by atoms with van der Waals surface area (Å²) in [6.45, 7) is 9.41. The van der Waals surface area contributed by atoms with Crippen molar-refractivity contribution in [2.45, 2.75) is 33.1 Å². The van der Waals surface area contributed by atoms with E-state index >= 15 is 0 Å². The Hall–Kier alpha value is -0.630. The number of rotatable bonds is 5. The fourth-order valence-corrected chi connectivity index (χ4v) is 2.28. The van der Waals surface area contributed by atoms with Gasteiger partial charge < -0.3 is 5.32 Å². The molecule has 15 heavy (non-hydrogen) atoms. The second kappa shape index (κ2) is 6.06. The summed E-state index contributed by atoms with van der Waals surface area (Å²) in [5, 5.41) is 3.09. The molecule has 0 aliphatic heterocycles. The largest absolute Gasteiger partial charge is 0.307 e. The lowest BCUT2D eigenvalue weighted by Crippen LogP contribution is -2.33. The molecule has 2 nitrogen and oxygen atoms in total. The number of nitrogens with one attached hydrogen (secondary N) is 1. The number of carbonyl (C=O) groups excluding carboxylic acids is 1. The van der Waals surface area contributed by atoms with Crippen LogP contribution in [0.5, 0.6) is 0 Å². The zero-order chi connectivity index (χ0) is 11.3. The van der Waals surface area contributed by atoms with Crippen LogP contribution in [0.1, 0.15) is 33.1 Å². The lowest BCUT2D eigenvalue weighted by atomic mass is 9.74. The van der Waals surface area contributed by atoms with Crippen molar-refractivity contribution in [2.24, 2.45) is 17.8 Å². The highest BCUT2D eigenvalue weighted by Gasteiger charge is 2.28. The van der Waals surface area contributed by atoms with E-state index in [1.54, 1.807) is 6.08 Å². The predicted molar refractivity (Wildman–Crippen MR) is 63.7 cm³/mol. The lowest BCUT2D eigenvalue weighted by molar-refractivity contribution is -0.123. The first-order valence-electron chi connectivity index (χ1n) is 5.99. The maximum atomic E-state index is 11.8. The first-order valence-corrected chi connectivity index (χ1v) is 5.99. The number of carbonyl (C=O) groups is 1. The Morgan fingerprint density at radius 3 is 2.73 bits per heavy atom. The molecular weight excluding hydrogens is 186 g/mol. The minimum atomic E-state index is 0.300. The average molecular weight is 209 g/mol. The molecule has 1 aliphatic rings. The van der Waals surface area contributed by atoms with Gasteiger partial charge in [0.2, 0.25) is 0 Å². The summed E-state index contributed by atoms with van der Waals surface area (Å²) in [4.78, 5) is 11.8. The molecule has 1 fully saturated rings. The summed E-state index contributed by atoms with van der Waals surface area (Å²) in [6, 6.07) is 0. The van der Waals surface area contributed by atoms with Crippen LogP contribution in [-0.4, -0.2) is 18.9 Å². The first kappa shape index (κ1) is 12.4. The number of ketones is 1. The quantitative estimate of drug-likeness (QED) is 0.556. The smallest absolute Gasteiger partial charge is 0.149 e. The van der Waals surface area contributed by atoms with Gasteiger partial charge in [-0.05, 0) is 31.1 Å². The summed E-state index contributed by atoms with van der Waals surface area (Å²) in [7, 11) is 0. The van der Waals surface area contributed by atoms with E-state index in [0.717, 1.165) is 25.3 Å². The zero-order valence-electron chi connectivity index (χ0n) is 9.96. The molecule has 1 N–H and O–H groups in total. The van der Waals surface area contributed by atoms with E-state index in [1.165, 1.54) is 6.42 Å². The Labute approximate surface area is 93.1 Å². The second-order valence-electron chi connectivity index (χ2n) is 4.85. The van der Waals surface area contributed by atoms with Crippen LogP contribution in [0.3, 0.4) is 0 Å². The van der Waals surface area contributed by atoms with E-state index in [0.29, 0.717) is 24.2 Å². The van der Waals surface area contributed by atoms with Crippen molar-refractivity contribution in [3.8, 4) is 0 Å². The molecule has 1 rings (SSSR count). The fourth-order valence-electron chi connectivity index (χ4n) is 2.28. The third-order valence-electron chi connectivity index (χ3n) is 3.64. The molecular formula is C13H23NO. The van der Waals surface area contributed by atoms with E-state index < -0.39 is 0 Å². The van der Waals surface area contributed by atoms with E-state index in [2.05, 4.69) is 25.7 Å². The van der Waals surface area contributed by atoms with Crippen molar-refractivity contribution in [3.05, 3.63) is 12.7 Å². The van der Waals surface area contributed by atoms with Gasteiger partial charge in [0.1, 0.15) is 5.78 Å². The molecule has 2 heteroatoms. The van der Waals surface area contributed by atoms with Gasteiger partial charge in [-0.15, -0.1) is 6.58 Å². The Bertz CT molecular complexity index is 225. The van der Waals surface area contributed by atoms with E-state index in [-0.39, 0.29) is 0 Å². The van der Waals surface area contributed by atoms with E-state index in [1.807, 2.05) is 0 Å². The molecule has 86 valence electrons. The first-order chi connectivity index (χ1) is 7.15. The lowest BCUT2D eigenvalue weighted by Gasteiger charge is -2.31. The van der Waals surface area contributed by atoms with Gasteiger partial charge in [-0.1, -0.05) is 19.9 Å². The van der Waals surface area contributed by atoms with Crippen LogP contribution in [-0.2, 0) is 4.79 Å². The van der Waals surface area contributed by atoms with Crippen LogP contribution in [0.15, 0.2) is 12.7 Å². The second-order valence-corrected chi connectivity index (χ2v) is 4.85.